The van der Waals surface area contributed by atoms with E-state index in [1.54, 1.807) is 7.11 Å². The molecule has 0 saturated carbocycles. The van der Waals surface area contributed by atoms with Gasteiger partial charge in [-0.05, 0) is 31.2 Å². The van der Waals surface area contributed by atoms with E-state index < -0.39 is 0 Å². The minimum absolute atomic E-state index is 0.0520. The highest BCUT2D eigenvalue weighted by Gasteiger charge is 2.36. The van der Waals surface area contributed by atoms with E-state index in [1.165, 1.54) is 0 Å². The van der Waals surface area contributed by atoms with Gasteiger partial charge in [-0.15, -0.1) is 0 Å². The second-order valence-corrected chi connectivity index (χ2v) is 5.12. The van der Waals surface area contributed by atoms with Crippen molar-refractivity contribution in [1.82, 2.24) is 10.6 Å². The van der Waals surface area contributed by atoms with E-state index in [0.717, 1.165) is 25.8 Å². The van der Waals surface area contributed by atoms with Crippen LogP contribution >= 0.6 is 0 Å². The summed E-state index contributed by atoms with van der Waals surface area (Å²) in [5.74, 6) is 0.126. The average Bonchev–Trinajstić information content (AvgIpc) is 2.23. The second kappa shape index (κ2) is 6.21. The zero-order valence-corrected chi connectivity index (χ0v) is 10.6. The molecule has 1 atom stereocenters. The maximum atomic E-state index is 12.0. The third-order valence-electron chi connectivity index (χ3n) is 3.21. The number of nitrogens with one attached hydrogen (secondary N) is 2. The van der Waals surface area contributed by atoms with Gasteiger partial charge >= 0.3 is 0 Å². The van der Waals surface area contributed by atoms with Crippen LogP contribution in [0.2, 0.25) is 0 Å². The fourth-order valence-corrected chi connectivity index (χ4v) is 2.19. The molecule has 0 radical (unpaired) electrons. The SMILES string of the molecule is COCCCNC(=O)C1NCCCC1(C)C. The Hall–Kier alpha value is -0.610. The molecule has 0 aromatic rings. The molecule has 16 heavy (non-hydrogen) atoms. The molecule has 1 aliphatic heterocycles. The first-order valence-electron chi connectivity index (χ1n) is 6.08. The van der Waals surface area contributed by atoms with E-state index in [9.17, 15) is 4.79 Å². The molecule has 4 heteroatoms. The molecule has 1 rings (SSSR count). The van der Waals surface area contributed by atoms with Gasteiger partial charge in [0.05, 0.1) is 6.04 Å². The number of piperidine rings is 1. The van der Waals surface area contributed by atoms with Crippen LogP contribution in [0, 0.1) is 5.41 Å². The molecule has 1 unspecified atom stereocenters. The maximum Gasteiger partial charge on any atom is 0.237 e. The number of rotatable bonds is 5. The van der Waals surface area contributed by atoms with Gasteiger partial charge < -0.3 is 15.4 Å². The Kier molecular flexibility index (Phi) is 5.22. The fourth-order valence-electron chi connectivity index (χ4n) is 2.19. The third-order valence-corrected chi connectivity index (χ3v) is 3.21. The zero-order valence-electron chi connectivity index (χ0n) is 10.6. The van der Waals surface area contributed by atoms with Gasteiger partial charge in [0.25, 0.3) is 0 Å². The molecule has 0 aliphatic carbocycles. The van der Waals surface area contributed by atoms with Gasteiger partial charge in [-0.2, -0.15) is 0 Å². The Balaban J connectivity index is 2.34. The Morgan fingerprint density at radius 2 is 2.31 bits per heavy atom. The van der Waals surface area contributed by atoms with Crippen molar-refractivity contribution >= 4 is 5.91 Å². The number of methoxy groups -OCH3 is 1. The van der Waals surface area contributed by atoms with Crippen LogP contribution in [-0.4, -0.2) is 38.8 Å². The summed E-state index contributed by atoms with van der Waals surface area (Å²) in [7, 11) is 1.67. The van der Waals surface area contributed by atoms with E-state index in [1.807, 2.05) is 0 Å². The molecule has 4 nitrogen and oxygen atoms in total. The summed E-state index contributed by atoms with van der Waals surface area (Å²) in [5, 5.41) is 6.27. The smallest absolute Gasteiger partial charge is 0.237 e. The number of hydrogen-bond acceptors (Lipinski definition) is 3. The topological polar surface area (TPSA) is 50.4 Å². The molecule has 1 aliphatic rings. The van der Waals surface area contributed by atoms with E-state index >= 15 is 0 Å². The molecule has 1 saturated heterocycles. The molecule has 0 aromatic carbocycles. The first-order valence-corrected chi connectivity index (χ1v) is 6.08. The van der Waals surface area contributed by atoms with Crippen LogP contribution in [0.15, 0.2) is 0 Å². The van der Waals surface area contributed by atoms with Crippen LogP contribution in [0.1, 0.15) is 33.1 Å². The number of amides is 1. The highest BCUT2D eigenvalue weighted by molar-refractivity contribution is 5.82. The molecule has 1 heterocycles. The first-order chi connectivity index (χ1) is 7.58. The minimum Gasteiger partial charge on any atom is -0.385 e. The van der Waals surface area contributed by atoms with E-state index in [4.69, 9.17) is 4.74 Å². The minimum atomic E-state index is -0.0520. The molecule has 1 fully saturated rings. The zero-order chi connectivity index (χ0) is 12.0. The van der Waals surface area contributed by atoms with Crippen LogP contribution in [0.5, 0.6) is 0 Å². The molecule has 0 aromatic heterocycles. The van der Waals surface area contributed by atoms with Crippen molar-refractivity contribution in [3.8, 4) is 0 Å². The number of ether oxygens (including phenoxy) is 1. The van der Waals surface area contributed by atoms with E-state index in [2.05, 4.69) is 24.5 Å². The summed E-state index contributed by atoms with van der Waals surface area (Å²) in [4.78, 5) is 12.0. The van der Waals surface area contributed by atoms with Gasteiger partial charge in [-0.1, -0.05) is 13.8 Å². The van der Waals surface area contributed by atoms with E-state index in [-0.39, 0.29) is 17.4 Å². The Labute approximate surface area is 98.1 Å². The van der Waals surface area contributed by atoms with Crippen molar-refractivity contribution in [1.29, 1.82) is 0 Å². The lowest BCUT2D eigenvalue weighted by atomic mass is 9.77. The average molecular weight is 228 g/mol. The fraction of sp³-hybridized carbons (Fsp3) is 0.917. The Morgan fingerprint density at radius 3 is 2.94 bits per heavy atom. The number of carbonyl (C=O) groups is 1. The van der Waals surface area contributed by atoms with Crippen molar-refractivity contribution in [2.45, 2.75) is 39.2 Å². The summed E-state index contributed by atoms with van der Waals surface area (Å²) in [6, 6.07) is -0.0520. The van der Waals surface area contributed by atoms with Crippen molar-refractivity contribution in [3.05, 3.63) is 0 Å². The van der Waals surface area contributed by atoms with Crippen LogP contribution in [0.25, 0.3) is 0 Å². The van der Waals surface area contributed by atoms with Gasteiger partial charge in [-0.3, -0.25) is 4.79 Å². The van der Waals surface area contributed by atoms with Gasteiger partial charge in [0.1, 0.15) is 0 Å². The predicted molar refractivity (Wildman–Crippen MR) is 64.3 cm³/mol. The van der Waals surface area contributed by atoms with Gasteiger partial charge in [0, 0.05) is 20.3 Å². The summed E-state index contributed by atoms with van der Waals surface area (Å²) in [6.45, 7) is 6.64. The summed E-state index contributed by atoms with van der Waals surface area (Å²) >= 11 is 0. The quantitative estimate of drug-likeness (QED) is 0.688. The van der Waals surface area contributed by atoms with Crippen LogP contribution in [-0.2, 0) is 9.53 Å². The van der Waals surface area contributed by atoms with Gasteiger partial charge in [0.2, 0.25) is 5.91 Å². The standard InChI is InChI=1S/C12H24N2O2/c1-12(2)6-4-7-13-10(12)11(15)14-8-5-9-16-3/h10,13H,4-9H2,1-3H3,(H,14,15). The number of carbonyl (C=O) groups excluding carboxylic acids is 1. The summed E-state index contributed by atoms with van der Waals surface area (Å²) in [5.41, 5.74) is 0.0591. The molecule has 2 N–H and O–H groups in total. The highest BCUT2D eigenvalue weighted by atomic mass is 16.5. The monoisotopic (exact) mass is 228 g/mol. The lowest BCUT2D eigenvalue weighted by Crippen LogP contribution is -2.55. The Morgan fingerprint density at radius 1 is 1.56 bits per heavy atom. The molecule has 0 bridgehead atoms. The molecular weight excluding hydrogens is 204 g/mol. The highest BCUT2D eigenvalue weighted by Crippen LogP contribution is 2.29. The molecule has 94 valence electrons. The summed E-state index contributed by atoms with van der Waals surface area (Å²) < 4.78 is 4.94. The largest absolute Gasteiger partial charge is 0.385 e. The van der Waals surface area contributed by atoms with Crippen LogP contribution in [0.3, 0.4) is 0 Å². The molecule has 0 spiro atoms. The van der Waals surface area contributed by atoms with Crippen molar-refractivity contribution < 1.29 is 9.53 Å². The predicted octanol–water partition coefficient (Wildman–Crippen LogP) is 0.917. The third kappa shape index (κ3) is 3.76. The number of hydrogen-bond donors (Lipinski definition) is 2. The van der Waals surface area contributed by atoms with Crippen molar-refractivity contribution in [2.75, 3.05) is 26.8 Å². The first kappa shape index (κ1) is 13.5. The van der Waals surface area contributed by atoms with Crippen LogP contribution in [0.4, 0.5) is 0 Å². The lowest BCUT2D eigenvalue weighted by molar-refractivity contribution is -0.126. The maximum absolute atomic E-state index is 12.0. The van der Waals surface area contributed by atoms with Crippen molar-refractivity contribution in [2.24, 2.45) is 5.41 Å². The normalized spacial score (nSPS) is 24.1. The molecule has 1 amide bonds. The van der Waals surface area contributed by atoms with E-state index in [0.29, 0.717) is 13.2 Å². The van der Waals surface area contributed by atoms with Gasteiger partial charge in [-0.25, -0.2) is 0 Å². The van der Waals surface area contributed by atoms with Crippen LogP contribution < -0.4 is 10.6 Å². The van der Waals surface area contributed by atoms with Gasteiger partial charge in [0.15, 0.2) is 0 Å². The second-order valence-electron chi connectivity index (χ2n) is 5.12. The summed E-state index contributed by atoms with van der Waals surface area (Å²) in [6.07, 6.45) is 3.13. The van der Waals surface area contributed by atoms with Crippen molar-refractivity contribution in [3.63, 3.8) is 0 Å². The molecular formula is C12H24N2O2. The Bertz CT molecular complexity index is 229. The lowest BCUT2D eigenvalue weighted by Gasteiger charge is -2.38.